The second kappa shape index (κ2) is 9.45. The van der Waals surface area contributed by atoms with Crippen molar-refractivity contribution in [3.8, 4) is 12.1 Å². The van der Waals surface area contributed by atoms with Gasteiger partial charge in [0.05, 0.1) is 53.7 Å². The van der Waals surface area contributed by atoms with Gasteiger partial charge in [0.15, 0.2) is 0 Å². The lowest BCUT2D eigenvalue weighted by atomic mass is 9.70. The van der Waals surface area contributed by atoms with Gasteiger partial charge in [0.25, 0.3) is 0 Å². The quantitative estimate of drug-likeness (QED) is 0.566. The van der Waals surface area contributed by atoms with Crippen molar-refractivity contribution >= 4 is 22.8 Å². The van der Waals surface area contributed by atoms with Gasteiger partial charge < -0.3 is 14.4 Å². The van der Waals surface area contributed by atoms with Crippen molar-refractivity contribution in [3.63, 3.8) is 0 Å². The highest BCUT2D eigenvalue weighted by Crippen LogP contribution is 2.41. The number of rotatable bonds is 7. The predicted octanol–water partition coefficient (Wildman–Crippen LogP) is 4.48. The van der Waals surface area contributed by atoms with Crippen LogP contribution in [-0.2, 0) is 6.54 Å². The first-order chi connectivity index (χ1) is 15.9. The van der Waals surface area contributed by atoms with E-state index in [1.54, 1.807) is 6.07 Å². The van der Waals surface area contributed by atoms with Crippen LogP contribution in [0.25, 0.3) is 11.0 Å². The predicted molar refractivity (Wildman–Crippen MR) is 123 cm³/mol. The molecule has 1 amide bonds. The Balaban J connectivity index is 1.49. The van der Waals surface area contributed by atoms with Crippen molar-refractivity contribution in [1.29, 1.82) is 5.26 Å². The minimum absolute atomic E-state index is 0.00130. The van der Waals surface area contributed by atoms with Crippen molar-refractivity contribution in [2.75, 3.05) is 18.1 Å². The summed E-state index contributed by atoms with van der Waals surface area (Å²) in [4.78, 5) is 26.1. The molecule has 1 N–H and O–H groups in total. The van der Waals surface area contributed by atoms with Crippen LogP contribution < -0.4 is 9.64 Å². The molecule has 0 spiro atoms. The van der Waals surface area contributed by atoms with Gasteiger partial charge in [-0.15, -0.1) is 0 Å². The highest BCUT2D eigenvalue weighted by Gasteiger charge is 2.34. The van der Waals surface area contributed by atoms with Crippen LogP contribution in [0.1, 0.15) is 45.1 Å². The van der Waals surface area contributed by atoms with Crippen LogP contribution >= 0.6 is 0 Å². The Morgan fingerprint density at radius 2 is 2.15 bits per heavy atom. The summed E-state index contributed by atoms with van der Waals surface area (Å²) in [6.45, 7) is 5.71. The number of ether oxygens (including phenoxy) is 1. The summed E-state index contributed by atoms with van der Waals surface area (Å²) in [5.41, 5.74) is 2.89. The minimum Gasteiger partial charge on any atom is -0.465 e. The number of nitrogens with zero attached hydrogens (tertiary/aromatic N) is 6. The van der Waals surface area contributed by atoms with Crippen LogP contribution in [-0.4, -0.2) is 43.9 Å². The summed E-state index contributed by atoms with van der Waals surface area (Å²) in [6.07, 6.45) is 7.77. The zero-order chi connectivity index (χ0) is 23.4. The van der Waals surface area contributed by atoms with E-state index in [1.165, 1.54) is 17.3 Å². The van der Waals surface area contributed by atoms with Crippen LogP contribution in [0.3, 0.4) is 0 Å². The molecular formula is C24H28N6O3. The van der Waals surface area contributed by atoms with E-state index in [1.807, 2.05) is 25.4 Å². The lowest BCUT2D eigenvalue weighted by Crippen LogP contribution is -2.39. The third-order valence-corrected chi connectivity index (χ3v) is 6.35. The highest BCUT2D eigenvalue weighted by atomic mass is 16.5. The minimum atomic E-state index is -1.01. The largest absolute Gasteiger partial charge is 0.465 e. The first-order valence-corrected chi connectivity index (χ1v) is 11.2. The maximum absolute atomic E-state index is 12.0. The molecule has 2 unspecified atom stereocenters. The van der Waals surface area contributed by atoms with Crippen molar-refractivity contribution in [2.24, 2.45) is 11.3 Å². The topological polar surface area (TPSA) is 117 Å². The molecular weight excluding hydrogens is 420 g/mol. The van der Waals surface area contributed by atoms with Gasteiger partial charge in [0.1, 0.15) is 0 Å². The molecule has 0 bridgehead atoms. The van der Waals surface area contributed by atoms with Crippen LogP contribution in [0.5, 0.6) is 6.01 Å². The Morgan fingerprint density at radius 1 is 1.36 bits per heavy atom. The Labute approximate surface area is 192 Å². The van der Waals surface area contributed by atoms with Crippen molar-refractivity contribution in [1.82, 2.24) is 19.5 Å². The summed E-state index contributed by atoms with van der Waals surface area (Å²) < 4.78 is 7.38. The summed E-state index contributed by atoms with van der Waals surface area (Å²) in [5.74, 6) is 0.218. The number of nitriles is 1. The molecule has 172 valence electrons. The number of anilines is 1. The molecule has 33 heavy (non-hydrogen) atoms. The van der Waals surface area contributed by atoms with E-state index in [-0.39, 0.29) is 17.3 Å². The third-order valence-electron chi connectivity index (χ3n) is 6.35. The molecule has 1 saturated carbocycles. The van der Waals surface area contributed by atoms with E-state index in [2.05, 4.69) is 32.5 Å². The van der Waals surface area contributed by atoms with Crippen LogP contribution in [0.2, 0.25) is 0 Å². The number of imidazole rings is 1. The number of hydrogen-bond donors (Lipinski definition) is 1. The Hall–Kier alpha value is -3.67. The van der Waals surface area contributed by atoms with E-state index in [0.29, 0.717) is 24.4 Å². The Bertz CT molecular complexity index is 1170. The molecule has 1 aliphatic carbocycles. The summed E-state index contributed by atoms with van der Waals surface area (Å²) in [5, 5.41) is 19.1. The molecule has 2 aromatic heterocycles. The fraction of sp³-hybridized carbons (Fsp3) is 0.458. The van der Waals surface area contributed by atoms with Gasteiger partial charge >= 0.3 is 12.1 Å². The fourth-order valence-electron chi connectivity index (χ4n) is 4.89. The van der Waals surface area contributed by atoms with E-state index < -0.39 is 6.09 Å². The number of fused-ring (bicyclic) bond motifs is 1. The first kappa shape index (κ1) is 22.5. The van der Waals surface area contributed by atoms with Gasteiger partial charge in [-0.2, -0.15) is 5.26 Å². The number of aromatic nitrogens is 4. The van der Waals surface area contributed by atoms with E-state index in [0.717, 1.165) is 43.3 Å². The molecule has 0 radical (unpaired) electrons. The van der Waals surface area contributed by atoms with Gasteiger partial charge in [0.2, 0.25) is 0 Å². The monoisotopic (exact) mass is 448 g/mol. The fourth-order valence-corrected chi connectivity index (χ4v) is 4.89. The number of hydrogen-bond acceptors (Lipinski definition) is 6. The van der Waals surface area contributed by atoms with Crippen LogP contribution in [0.15, 0.2) is 36.9 Å². The third kappa shape index (κ3) is 5.06. The number of benzene rings is 1. The number of carboxylic acid groups (broad SMARTS) is 1. The molecule has 1 aliphatic rings. The number of amides is 1. The van der Waals surface area contributed by atoms with Gasteiger partial charge in [-0.3, -0.25) is 4.90 Å². The van der Waals surface area contributed by atoms with E-state index in [4.69, 9.17) is 4.74 Å². The lowest BCUT2D eigenvalue weighted by molar-refractivity contribution is 0.136. The molecule has 1 aromatic carbocycles. The molecule has 4 rings (SSSR count). The Kier molecular flexibility index (Phi) is 6.45. The molecule has 1 fully saturated rings. The average Bonchev–Trinajstić information content (AvgIpc) is 3.19. The molecule has 9 heteroatoms. The van der Waals surface area contributed by atoms with Gasteiger partial charge in [-0.25, -0.2) is 19.7 Å². The normalized spacial score (nSPS) is 20.3. The maximum Gasteiger partial charge on any atom is 0.411 e. The van der Waals surface area contributed by atoms with Crippen LogP contribution in [0.4, 0.5) is 10.5 Å². The SMILES string of the molecule is CCOc1ncc(N(CC2CCCC(C)(Cn3cnc4ccc(C#N)cc43)C2)C(=O)O)cn1. The lowest BCUT2D eigenvalue weighted by Gasteiger charge is -2.40. The zero-order valence-electron chi connectivity index (χ0n) is 18.9. The zero-order valence-corrected chi connectivity index (χ0v) is 18.9. The van der Waals surface area contributed by atoms with Gasteiger partial charge in [-0.05, 0) is 55.7 Å². The standard InChI is InChI=1S/C24H28N6O3/c1-3-33-22-26-12-19(13-27-22)30(23(31)32)14-18-5-4-8-24(2,10-18)15-29-16-28-20-7-6-17(11-25)9-21(20)29/h6-7,9,12-13,16,18H,3-5,8,10,14-15H2,1-2H3,(H,31,32). The maximum atomic E-state index is 12.0. The van der Waals surface area contributed by atoms with Crippen molar-refractivity contribution in [3.05, 3.63) is 42.5 Å². The van der Waals surface area contributed by atoms with Gasteiger partial charge in [-0.1, -0.05) is 13.3 Å². The molecule has 2 heterocycles. The van der Waals surface area contributed by atoms with Crippen LogP contribution in [0, 0.1) is 22.7 Å². The second-order valence-corrected chi connectivity index (χ2v) is 9.01. The van der Waals surface area contributed by atoms with E-state index in [9.17, 15) is 15.2 Å². The second-order valence-electron chi connectivity index (χ2n) is 9.01. The smallest absolute Gasteiger partial charge is 0.411 e. The summed E-state index contributed by atoms with van der Waals surface area (Å²) in [7, 11) is 0. The number of carbonyl (C=O) groups is 1. The average molecular weight is 449 g/mol. The van der Waals surface area contributed by atoms with Crippen molar-refractivity contribution < 1.29 is 14.6 Å². The van der Waals surface area contributed by atoms with Crippen molar-refractivity contribution in [2.45, 2.75) is 46.1 Å². The molecule has 0 aliphatic heterocycles. The molecule has 3 aromatic rings. The van der Waals surface area contributed by atoms with E-state index >= 15 is 0 Å². The molecule has 0 saturated heterocycles. The molecule has 2 atom stereocenters. The first-order valence-electron chi connectivity index (χ1n) is 11.2. The van der Waals surface area contributed by atoms with Gasteiger partial charge in [0, 0.05) is 13.1 Å². The molecule has 9 nitrogen and oxygen atoms in total. The highest BCUT2D eigenvalue weighted by molar-refractivity contribution is 5.85. The Morgan fingerprint density at radius 3 is 2.85 bits per heavy atom. The summed E-state index contributed by atoms with van der Waals surface area (Å²) >= 11 is 0. The summed E-state index contributed by atoms with van der Waals surface area (Å²) in [6, 6.07) is 7.97.